The molecule has 0 aliphatic carbocycles. The first-order valence-corrected chi connectivity index (χ1v) is 6.62. The highest BCUT2D eigenvalue weighted by molar-refractivity contribution is 5.76. The van der Waals surface area contributed by atoms with Crippen LogP contribution in [-0.4, -0.2) is 22.0 Å². The Hall–Kier alpha value is -2.11. The van der Waals surface area contributed by atoms with E-state index in [4.69, 9.17) is 0 Å². The molecular weight excluding hydrogens is 261 g/mol. The third-order valence-electron chi connectivity index (χ3n) is 2.99. The highest BCUT2D eigenvalue weighted by Crippen LogP contribution is 2.11. The third kappa shape index (κ3) is 3.26. The Morgan fingerprint density at radius 3 is 2.90 bits per heavy atom. The van der Waals surface area contributed by atoms with Gasteiger partial charge in [0, 0.05) is 19.5 Å². The van der Waals surface area contributed by atoms with Crippen LogP contribution in [-0.2, 0) is 11.3 Å². The molecule has 1 aromatic carbocycles. The number of rotatable bonds is 5. The molecule has 108 valence electrons. The van der Waals surface area contributed by atoms with Crippen LogP contribution in [0.25, 0.3) is 11.0 Å². The number of H-pyrrole nitrogens is 1. The fourth-order valence-corrected chi connectivity index (χ4v) is 2.11. The molecule has 0 unspecified atom stereocenters. The van der Waals surface area contributed by atoms with E-state index in [1.807, 2.05) is 13.8 Å². The second-order valence-electron chi connectivity index (χ2n) is 5.19. The molecule has 20 heavy (non-hydrogen) atoms. The van der Waals surface area contributed by atoms with Crippen LogP contribution in [0.4, 0.5) is 4.39 Å². The molecule has 2 rings (SSSR count). The molecule has 2 N–H and O–H groups in total. The van der Waals surface area contributed by atoms with Crippen molar-refractivity contribution in [1.29, 1.82) is 0 Å². The Balaban J connectivity index is 2.05. The average molecular weight is 279 g/mol. The first-order valence-electron chi connectivity index (χ1n) is 6.62. The summed E-state index contributed by atoms with van der Waals surface area (Å²) in [6, 6.07) is 4.15. The first-order chi connectivity index (χ1) is 9.47. The van der Waals surface area contributed by atoms with E-state index in [2.05, 4.69) is 10.3 Å². The van der Waals surface area contributed by atoms with Crippen LogP contribution < -0.4 is 11.0 Å². The van der Waals surface area contributed by atoms with Gasteiger partial charge in [-0.25, -0.2) is 9.18 Å². The zero-order chi connectivity index (χ0) is 14.7. The Morgan fingerprint density at radius 1 is 1.45 bits per heavy atom. The van der Waals surface area contributed by atoms with Crippen LogP contribution in [0.2, 0.25) is 0 Å². The maximum atomic E-state index is 13.1. The maximum absolute atomic E-state index is 13.1. The summed E-state index contributed by atoms with van der Waals surface area (Å²) in [5, 5.41) is 2.77. The highest BCUT2D eigenvalue weighted by Gasteiger charge is 2.08. The molecule has 0 radical (unpaired) electrons. The number of fused-ring (bicyclic) bond motifs is 1. The number of aromatic amines is 1. The molecule has 0 fully saturated rings. The Bertz CT molecular complexity index is 673. The fraction of sp³-hybridized carbons (Fsp3) is 0.429. The lowest BCUT2D eigenvalue weighted by Crippen LogP contribution is -2.30. The van der Waals surface area contributed by atoms with E-state index in [0.717, 1.165) is 0 Å². The number of nitrogens with zero attached hydrogens (tertiary/aromatic N) is 1. The summed E-state index contributed by atoms with van der Waals surface area (Å²) in [4.78, 5) is 25.9. The van der Waals surface area contributed by atoms with Gasteiger partial charge in [0.1, 0.15) is 5.82 Å². The SMILES string of the molecule is CC(C)CC(=O)NCCn1c(=O)[nH]c2cc(F)ccc21. The summed E-state index contributed by atoms with van der Waals surface area (Å²) >= 11 is 0. The topological polar surface area (TPSA) is 66.9 Å². The summed E-state index contributed by atoms with van der Waals surface area (Å²) in [5.41, 5.74) is 0.793. The van der Waals surface area contributed by atoms with Crippen LogP contribution in [0.15, 0.2) is 23.0 Å². The van der Waals surface area contributed by atoms with Crippen molar-refractivity contribution in [3.05, 3.63) is 34.5 Å². The largest absolute Gasteiger partial charge is 0.354 e. The van der Waals surface area contributed by atoms with E-state index >= 15 is 0 Å². The third-order valence-corrected chi connectivity index (χ3v) is 2.99. The number of nitrogens with one attached hydrogen (secondary N) is 2. The molecule has 0 saturated heterocycles. The van der Waals surface area contributed by atoms with Crippen LogP contribution in [0.5, 0.6) is 0 Å². The maximum Gasteiger partial charge on any atom is 0.326 e. The van der Waals surface area contributed by atoms with Gasteiger partial charge in [0.25, 0.3) is 0 Å². The Morgan fingerprint density at radius 2 is 2.20 bits per heavy atom. The lowest BCUT2D eigenvalue weighted by atomic mass is 10.1. The van der Waals surface area contributed by atoms with Gasteiger partial charge in [-0.05, 0) is 24.1 Å². The van der Waals surface area contributed by atoms with Crippen molar-refractivity contribution in [3.8, 4) is 0 Å². The molecule has 5 nitrogen and oxygen atoms in total. The van der Waals surface area contributed by atoms with E-state index in [9.17, 15) is 14.0 Å². The standard InChI is InChI=1S/C14H18FN3O2/c1-9(2)7-13(19)16-5-6-18-12-4-3-10(15)8-11(12)17-14(18)20/h3-4,8-9H,5-7H2,1-2H3,(H,16,19)(H,17,20). The summed E-state index contributed by atoms with van der Waals surface area (Å²) in [6.45, 7) is 4.67. The second kappa shape index (κ2) is 5.90. The zero-order valence-electron chi connectivity index (χ0n) is 11.6. The van der Waals surface area contributed by atoms with Gasteiger partial charge in [0.15, 0.2) is 0 Å². The van der Waals surface area contributed by atoms with Crippen LogP contribution in [0.3, 0.4) is 0 Å². The predicted molar refractivity (Wildman–Crippen MR) is 75.0 cm³/mol. The number of imidazole rings is 1. The number of hydrogen-bond acceptors (Lipinski definition) is 2. The molecule has 0 aliphatic heterocycles. The van der Waals surface area contributed by atoms with Crippen LogP contribution in [0.1, 0.15) is 20.3 Å². The molecule has 1 heterocycles. The second-order valence-corrected chi connectivity index (χ2v) is 5.19. The molecule has 6 heteroatoms. The fourth-order valence-electron chi connectivity index (χ4n) is 2.11. The molecule has 1 amide bonds. The molecule has 0 atom stereocenters. The number of carbonyl (C=O) groups is 1. The smallest absolute Gasteiger partial charge is 0.326 e. The number of aromatic nitrogens is 2. The first kappa shape index (κ1) is 14.3. The van der Waals surface area contributed by atoms with Gasteiger partial charge in [-0.2, -0.15) is 0 Å². The normalized spacial score (nSPS) is 11.2. The van der Waals surface area contributed by atoms with Crippen molar-refractivity contribution in [2.45, 2.75) is 26.8 Å². The number of carbonyl (C=O) groups excluding carboxylic acids is 1. The zero-order valence-corrected chi connectivity index (χ0v) is 11.6. The molecule has 0 bridgehead atoms. The van der Waals surface area contributed by atoms with Crippen molar-refractivity contribution in [2.24, 2.45) is 5.92 Å². The number of halogens is 1. The summed E-state index contributed by atoms with van der Waals surface area (Å²) < 4.78 is 14.6. The Labute approximate surface area is 115 Å². The van der Waals surface area contributed by atoms with Gasteiger partial charge in [-0.15, -0.1) is 0 Å². The number of benzene rings is 1. The van der Waals surface area contributed by atoms with Crippen molar-refractivity contribution in [3.63, 3.8) is 0 Å². The van der Waals surface area contributed by atoms with Gasteiger partial charge < -0.3 is 10.3 Å². The van der Waals surface area contributed by atoms with Gasteiger partial charge in [0.05, 0.1) is 11.0 Å². The molecular formula is C14H18FN3O2. The minimum atomic E-state index is -0.392. The van der Waals surface area contributed by atoms with E-state index in [1.54, 1.807) is 6.07 Å². The van der Waals surface area contributed by atoms with Gasteiger partial charge in [-0.3, -0.25) is 9.36 Å². The quantitative estimate of drug-likeness (QED) is 0.873. The van der Waals surface area contributed by atoms with Crippen LogP contribution >= 0.6 is 0 Å². The summed E-state index contributed by atoms with van der Waals surface area (Å²) in [6.07, 6.45) is 0.466. The Kier molecular flexibility index (Phi) is 4.22. The average Bonchev–Trinajstić information content (AvgIpc) is 2.64. The predicted octanol–water partition coefficient (Wildman–Crippen LogP) is 1.63. The van der Waals surface area contributed by atoms with Crippen molar-refractivity contribution < 1.29 is 9.18 Å². The van der Waals surface area contributed by atoms with Crippen molar-refractivity contribution >= 4 is 16.9 Å². The number of hydrogen-bond donors (Lipinski definition) is 2. The lowest BCUT2D eigenvalue weighted by molar-refractivity contribution is -0.121. The minimum Gasteiger partial charge on any atom is -0.354 e. The number of amides is 1. The minimum absolute atomic E-state index is 0.0288. The van der Waals surface area contributed by atoms with Crippen molar-refractivity contribution in [2.75, 3.05) is 6.54 Å². The van der Waals surface area contributed by atoms with Gasteiger partial charge in [-0.1, -0.05) is 13.8 Å². The van der Waals surface area contributed by atoms with Gasteiger partial charge >= 0.3 is 5.69 Å². The van der Waals surface area contributed by atoms with E-state index in [1.165, 1.54) is 16.7 Å². The molecule has 2 aromatic rings. The lowest BCUT2D eigenvalue weighted by Gasteiger charge is -2.07. The summed E-state index contributed by atoms with van der Waals surface area (Å²) in [5.74, 6) is -0.121. The molecule has 1 aromatic heterocycles. The molecule has 0 saturated carbocycles. The van der Waals surface area contributed by atoms with Crippen LogP contribution in [0, 0.1) is 11.7 Å². The molecule has 0 aliphatic rings. The highest BCUT2D eigenvalue weighted by atomic mass is 19.1. The monoisotopic (exact) mass is 279 g/mol. The van der Waals surface area contributed by atoms with E-state index < -0.39 is 5.82 Å². The summed E-state index contributed by atoms with van der Waals surface area (Å²) in [7, 11) is 0. The van der Waals surface area contributed by atoms with Crippen molar-refractivity contribution in [1.82, 2.24) is 14.9 Å². The van der Waals surface area contributed by atoms with E-state index in [0.29, 0.717) is 36.5 Å². The van der Waals surface area contributed by atoms with Gasteiger partial charge in [0.2, 0.25) is 5.91 Å². The van der Waals surface area contributed by atoms with E-state index in [-0.39, 0.29) is 11.6 Å². The molecule has 0 spiro atoms.